The third kappa shape index (κ3) is 4.30. The summed E-state index contributed by atoms with van der Waals surface area (Å²) in [6.07, 6.45) is 1.31. The maximum Gasteiger partial charge on any atom is 0.267 e. The molecular formula is C21H23N3O2. The summed E-state index contributed by atoms with van der Waals surface area (Å²) in [5, 5.41) is 6.80. The summed E-state index contributed by atoms with van der Waals surface area (Å²) < 4.78 is 0. The second-order valence-electron chi connectivity index (χ2n) is 6.45. The molecule has 2 aromatic carbocycles. The Kier molecular flexibility index (Phi) is 5.37. The fourth-order valence-electron chi connectivity index (χ4n) is 2.85. The van der Waals surface area contributed by atoms with Crippen LogP contribution < -0.4 is 10.6 Å². The number of hydrogen-bond acceptors (Lipinski definition) is 2. The van der Waals surface area contributed by atoms with E-state index in [-0.39, 0.29) is 11.8 Å². The van der Waals surface area contributed by atoms with Gasteiger partial charge in [0.15, 0.2) is 0 Å². The number of amides is 2. The van der Waals surface area contributed by atoms with Crippen molar-refractivity contribution in [2.45, 2.75) is 33.2 Å². The highest BCUT2D eigenvalue weighted by Gasteiger charge is 2.09. The van der Waals surface area contributed by atoms with Crippen LogP contribution in [0.15, 0.2) is 48.5 Å². The molecule has 0 bridgehead atoms. The van der Waals surface area contributed by atoms with Crippen molar-refractivity contribution >= 4 is 28.4 Å². The maximum atomic E-state index is 12.4. The second kappa shape index (κ2) is 7.87. The average Bonchev–Trinajstić information content (AvgIpc) is 3.03. The van der Waals surface area contributed by atoms with Crippen LogP contribution in [-0.4, -0.2) is 16.8 Å². The van der Waals surface area contributed by atoms with E-state index in [1.807, 2.05) is 62.4 Å². The van der Waals surface area contributed by atoms with Gasteiger partial charge in [-0.05, 0) is 48.7 Å². The highest BCUT2D eigenvalue weighted by atomic mass is 16.2. The van der Waals surface area contributed by atoms with E-state index in [9.17, 15) is 9.59 Å². The number of aryl methyl sites for hydroxylation is 1. The zero-order chi connectivity index (χ0) is 18.5. The molecule has 0 atom stereocenters. The van der Waals surface area contributed by atoms with Gasteiger partial charge in [0, 0.05) is 29.6 Å². The Morgan fingerprint density at radius 1 is 1.08 bits per heavy atom. The van der Waals surface area contributed by atoms with Gasteiger partial charge in [-0.1, -0.05) is 31.2 Å². The predicted molar refractivity (Wildman–Crippen MR) is 104 cm³/mol. The molecule has 0 fully saturated rings. The lowest BCUT2D eigenvalue weighted by molar-refractivity contribution is -0.116. The Bertz CT molecular complexity index is 943. The van der Waals surface area contributed by atoms with Crippen LogP contribution in [0.5, 0.6) is 0 Å². The fourth-order valence-corrected chi connectivity index (χ4v) is 2.85. The summed E-state index contributed by atoms with van der Waals surface area (Å²) in [4.78, 5) is 27.3. The molecule has 134 valence electrons. The molecule has 2 amide bonds. The minimum atomic E-state index is -0.153. The number of rotatable bonds is 6. The molecule has 1 aromatic heterocycles. The number of aromatic amines is 1. The lowest BCUT2D eigenvalue weighted by atomic mass is 10.2. The first-order valence-electron chi connectivity index (χ1n) is 8.81. The highest BCUT2D eigenvalue weighted by Crippen LogP contribution is 2.17. The monoisotopic (exact) mass is 349 g/mol. The minimum absolute atomic E-state index is 0.00190. The van der Waals surface area contributed by atoms with Gasteiger partial charge < -0.3 is 15.6 Å². The van der Waals surface area contributed by atoms with Gasteiger partial charge in [-0.25, -0.2) is 0 Å². The minimum Gasteiger partial charge on any atom is -0.351 e. The molecular weight excluding hydrogens is 326 g/mol. The molecule has 0 radical (unpaired) electrons. The molecule has 0 aliphatic carbocycles. The van der Waals surface area contributed by atoms with Crippen LogP contribution in [0.3, 0.4) is 0 Å². The number of aromatic nitrogens is 1. The molecule has 3 aromatic rings. The number of anilines is 1. The zero-order valence-electron chi connectivity index (χ0n) is 15.1. The van der Waals surface area contributed by atoms with E-state index in [2.05, 4.69) is 15.6 Å². The summed E-state index contributed by atoms with van der Waals surface area (Å²) in [5.41, 5.74) is 4.32. The van der Waals surface area contributed by atoms with Gasteiger partial charge in [-0.15, -0.1) is 0 Å². The molecule has 5 heteroatoms. The highest BCUT2D eigenvalue weighted by molar-refractivity contribution is 5.98. The van der Waals surface area contributed by atoms with Crippen LogP contribution in [0.25, 0.3) is 10.9 Å². The Morgan fingerprint density at radius 2 is 1.92 bits per heavy atom. The van der Waals surface area contributed by atoms with Crippen LogP contribution in [-0.2, 0) is 11.3 Å². The number of carbonyl (C=O) groups is 2. The van der Waals surface area contributed by atoms with Gasteiger partial charge in [0.25, 0.3) is 5.91 Å². The Hall–Kier alpha value is -3.08. The fraction of sp³-hybridized carbons (Fsp3) is 0.238. The molecule has 0 spiro atoms. The largest absolute Gasteiger partial charge is 0.351 e. The second-order valence-corrected chi connectivity index (χ2v) is 6.45. The predicted octanol–water partition coefficient (Wildman–Crippen LogP) is 4.14. The van der Waals surface area contributed by atoms with E-state index in [0.717, 1.165) is 34.1 Å². The van der Waals surface area contributed by atoms with Crippen LogP contribution in [0, 0.1) is 6.92 Å². The van der Waals surface area contributed by atoms with Gasteiger partial charge in [-0.3, -0.25) is 9.59 Å². The van der Waals surface area contributed by atoms with Crippen molar-refractivity contribution in [3.8, 4) is 0 Å². The van der Waals surface area contributed by atoms with E-state index in [1.165, 1.54) is 0 Å². The van der Waals surface area contributed by atoms with Crippen molar-refractivity contribution in [1.29, 1.82) is 0 Å². The number of hydrogen-bond donors (Lipinski definition) is 3. The average molecular weight is 349 g/mol. The number of benzene rings is 2. The first-order valence-corrected chi connectivity index (χ1v) is 8.81. The van der Waals surface area contributed by atoms with E-state index in [1.54, 1.807) is 0 Å². The normalized spacial score (nSPS) is 10.7. The standard InChI is InChI=1S/C21H23N3O2/c1-3-5-20(25)23-17-7-4-6-15(11-17)13-22-21(26)19-12-16-9-8-14(2)10-18(16)24-19/h4,6-12,24H,3,5,13H2,1-2H3,(H,22,26)(H,23,25). The van der Waals surface area contributed by atoms with Crippen molar-refractivity contribution in [2.75, 3.05) is 5.32 Å². The van der Waals surface area contributed by atoms with Crippen LogP contribution in [0.2, 0.25) is 0 Å². The number of nitrogens with one attached hydrogen (secondary N) is 3. The van der Waals surface area contributed by atoms with Gasteiger partial charge in [0.05, 0.1) is 0 Å². The molecule has 1 heterocycles. The van der Waals surface area contributed by atoms with E-state index < -0.39 is 0 Å². The molecule has 0 aliphatic heterocycles. The molecule has 3 N–H and O–H groups in total. The molecule has 0 unspecified atom stereocenters. The first-order chi connectivity index (χ1) is 12.5. The molecule has 0 saturated carbocycles. The topological polar surface area (TPSA) is 74.0 Å². The summed E-state index contributed by atoms with van der Waals surface area (Å²) in [7, 11) is 0. The Morgan fingerprint density at radius 3 is 2.73 bits per heavy atom. The Balaban J connectivity index is 1.64. The third-order valence-corrected chi connectivity index (χ3v) is 4.16. The van der Waals surface area contributed by atoms with Crippen LogP contribution in [0.1, 0.15) is 41.4 Å². The van der Waals surface area contributed by atoms with Crippen molar-refractivity contribution < 1.29 is 9.59 Å². The summed E-state index contributed by atoms with van der Waals surface area (Å²) >= 11 is 0. The molecule has 3 rings (SSSR count). The summed E-state index contributed by atoms with van der Waals surface area (Å²) in [6.45, 7) is 4.38. The first kappa shape index (κ1) is 17.7. The SMILES string of the molecule is CCCC(=O)Nc1cccc(CNC(=O)c2cc3ccc(C)cc3[nH]2)c1. The number of H-pyrrole nitrogens is 1. The summed E-state index contributed by atoms with van der Waals surface area (Å²) in [6, 6.07) is 15.4. The van der Waals surface area contributed by atoms with Gasteiger partial charge >= 0.3 is 0 Å². The summed E-state index contributed by atoms with van der Waals surface area (Å²) in [5.74, 6) is -0.152. The molecule has 5 nitrogen and oxygen atoms in total. The van der Waals surface area contributed by atoms with Gasteiger partial charge in [0.1, 0.15) is 5.69 Å². The smallest absolute Gasteiger partial charge is 0.267 e. The number of carbonyl (C=O) groups excluding carboxylic acids is 2. The lowest BCUT2D eigenvalue weighted by Crippen LogP contribution is -2.23. The van der Waals surface area contributed by atoms with Crippen molar-refractivity contribution in [1.82, 2.24) is 10.3 Å². The Labute approximate surface area is 152 Å². The van der Waals surface area contributed by atoms with Gasteiger partial charge in [-0.2, -0.15) is 0 Å². The zero-order valence-corrected chi connectivity index (χ0v) is 15.1. The molecule has 0 saturated heterocycles. The van der Waals surface area contributed by atoms with Crippen LogP contribution in [0.4, 0.5) is 5.69 Å². The molecule has 0 aliphatic rings. The van der Waals surface area contributed by atoms with Crippen LogP contribution >= 0.6 is 0 Å². The van der Waals surface area contributed by atoms with Crippen molar-refractivity contribution in [3.05, 3.63) is 65.4 Å². The van der Waals surface area contributed by atoms with Gasteiger partial charge in [0.2, 0.25) is 5.91 Å². The van der Waals surface area contributed by atoms with Crippen molar-refractivity contribution in [3.63, 3.8) is 0 Å². The molecule has 26 heavy (non-hydrogen) atoms. The van der Waals surface area contributed by atoms with E-state index in [0.29, 0.717) is 18.7 Å². The van der Waals surface area contributed by atoms with E-state index in [4.69, 9.17) is 0 Å². The number of fused-ring (bicyclic) bond motifs is 1. The maximum absolute atomic E-state index is 12.4. The van der Waals surface area contributed by atoms with Crippen molar-refractivity contribution in [2.24, 2.45) is 0 Å². The lowest BCUT2D eigenvalue weighted by Gasteiger charge is -2.08. The van der Waals surface area contributed by atoms with E-state index >= 15 is 0 Å². The third-order valence-electron chi connectivity index (χ3n) is 4.16. The quantitative estimate of drug-likeness (QED) is 0.625.